The minimum atomic E-state index is -1.04. The van der Waals surface area contributed by atoms with E-state index in [4.69, 9.17) is 9.47 Å². The number of hydrogen-bond acceptors (Lipinski definition) is 11. The third kappa shape index (κ3) is 9.58. The topological polar surface area (TPSA) is 201 Å². The molecular formula is C48H54N8O9. The summed E-state index contributed by atoms with van der Waals surface area (Å²) in [4.78, 5) is 93.7. The number of nitrogens with one attached hydrogen (secondary N) is 4. The molecule has 0 radical (unpaired) electrons. The van der Waals surface area contributed by atoms with E-state index in [-0.39, 0.29) is 80.1 Å². The number of aromatic nitrogens is 1. The average molecular weight is 887 g/mol. The van der Waals surface area contributed by atoms with Crippen molar-refractivity contribution in [2.75, 3.05) is 64.2 Å². The van der Waals surface area contributed by atoms with Crippen molar-refractivity contribution >= 4 is 52.7 Å². The van der Waals surface area contributed by atoms with Gasteiger partial charge < -0.3 is 34.9 Å². The minimum absolute atomic E-state index is 0.0136. The highest BCUT2D eigenvalue weighted by Gasteiger charge is 2.49. The van der Waals surface area contributed by atoms with Crippen molar-refractivity contribution in [1.82, 2.24) is 29.9 Å². The molecule has 340 valence electrons. The van der Waals surface area contributed by atoms with Crippen LogP contribution in [0.1, 0.15) is 96.9 Å². The van der Waals surface area contributed by atoms with Gasteiger partial charge >= 0.3 is 0 Å². The lowest BCUT2D eigenvalue weighted by molar-refractivity contribution is -0.136. The second-order valence-electron chi connectivity index (χ2n) is 17.0. The fraction of sp³-hybridized carbons (Fsp3) is 0.396. The van der Waals surface area contributed by atoms with Crippen LogP contribution in [-0.4, -0.2) is 120 Å². The zero-order valence-corrected chi connectivity index (χ0v) is 36.7. The second kappa shape index (κ2) is 19.6. The molecule has 3 aliphatic heterocycles. The number of benzene rings is 3. The molecule has 1 saturated carbocycles. The fourth-order valence-corrected chi connectivity index (χ4v) is 9.06. The highest BCUT2D eigenvalue weighted by molar-refractivity contribution is 6.25. The SMILES string of the molecule is CN(C)C(=O)c1ccc(CN2CCn3c(C(=O)NCc4ccc(NC(=O)CCOCCOCCNc5cccc6c5C(=O)N(C5CCC(=O)NC5=O)C6=O)cc4)ccc3C23CCC3)cc1. The number of piperidine rings is 1. The van der Waals surface area contributed by atoms with E-state index in [0.29, 0.717) is 42.3 Å². The number of nitrogens with zero attached hydrogens (tertiary/aromatic N) is 4. The van der Waals surface area contributed by atoms with Gasteiger partial charge in [0.15, 0.2) is 0 Å². The number of ether oxygens (including phenoxy) is 2. The first-order valence-electron chi connectivity index (χ1n) is 22.1. The number of amides is 7. The fourth-order valence-electron chi connectivity index (χ4n) is 9.06. The van der Waals surface area contributed by atoms with Gasteiger partial charge in [-0.25, -0.2) is 0 Å². The number of carbonyl (C=O) groups is 7. The molecule has 2 fully saturated rings. The molecule has 4 aromatic rings. The van der Waals surface area contributed by atoms with Crippen molar-refractivity contribution in [1.29, 1.82) is 0 Å². The van der Waals surface area contributed by atoms with Crippen LogP contribution in [0.3, 0.4) is 0 Å². The predicted octanol–water partition coefficient (Wildman–Crippen LogP) is 3.89. The summed E-state index contributed by atoms with van der Waals surface area (Å²) in [6.07, 6.45) is 3.48. The largest absolute Gasteiger partial charge is 0.382 e. The zero-order valence-electron chi connectivity index (χ0n) is 36.7. The first kappa shape index (κ1) is 44.9. The van der Waals surface area contributed by atoms with Crippen LogP contribution in [-0.2, 0) is 49.0 Å². The molecule has 65 heavy (non-hydrogen) atoms. The first-order chi connectivity index (χ1) is 31.4. The van der Waals surface area contributed by atoms with Crippen molar-refractivity contribution in [2.45, 2.75) is 69.7 Å². The van der Waals surface area contributed by atoms with E-state index in [9.17, 15) is 33.6 Å². The Balaban J connectivity index is 0.715. The van der Waals surface area contributed by atoms with Crippen LogP contribution in [0.25, 0.3) is 0 Å². The third-order valence-electron chi connectivity index (χ3n) is 12.6. The van der Waals surface area contributed by atoms with Gasteiger partial charge in [-0.1, -0.05) is 30.3 Å². The van der Waals surface area contributed by atoms with Crippen molar-refractivity contribution in [3.63, 3.8) is 0 Å². The van der Waals surface area contributed by atoms with Gasteiger partial charge in [0.1, 0.15) is 11.7 Å². The molecule has 1 aliphatic carbocycles. The number of hydrogen-bond donors (Lipinski definition) is 4. The molecule has 4 heterocycles. The van der Waals surface area contributed by atoms with E-state index in [1.165, 1.54) is 11.8 Å². The molecule has 1 atom stereocenters. The lowest BCUT2D eigenvalue weighted by Crippen LogP contribution is -2.56. The summed E-state index contributed by atoms with van der Waals surface area (Å²) in [5, 5.41) is 11.3. The van der Waals surface area contributed by atoms with Gasteiger partial charge in [0, 0.05) is 75.9 Å². The van der Waals surface area contributed by atoms with Gasteiger partial charge in [0.05, 0.1) is 49.5 Å². The van der Waals surface area contributed by atoms with Crippen LogP contribution in [0.2, 0.25) is 0 Å². The van der Waals surface area contributed by atoms with Gasteiger partial charge in [-0.05, 0) is 85.3 Å². The number of carbonyl (C=O) groups excluding carboxylic acids is 7. The van der Waals surface area contributed by atoms with E-state index in [1.807, 2.05) is 42.5 Å². The molecule has 1 aromatic heterocycles. The van der Waals surface area contributed by atoms with Crippen molar-refractivity contribution < 1.29 is 43.0 Å². The van der Waals surface area contributed by atoms with E-state index in [0.717, 1.165) is 48.4 Å². The normalized spacial score (nSPS) is 17.6. The van der Waals surface area contributed by atoms with Gasteiger partial charge in [-0.15, -0.1) is 0 Å². The average Bonchev–Trinajstić information content (AvgIpc) is 3.83. The highest BCUT2D eigenvalue weighted by Crippen LogP contribution is 2.49. The second-order valence-corrected chi connectivity index (χ2v) is 17.0. The molecule has 17 nitrogen and oxygen atoms in total. The lowest BCUT2D eigenvalue weighted by Gasteiger charge is -2.53. The van der Waals surface area contributed by atoms with Crippen LogP contribution < -0.4 is 21.3 Å². The Kier molecular flexibility index (Phi) is 13.5. The van der Waals surface area contributed by atoms with E-state index in [2.05, 4.69) is 36.8 Å². The van der Waals surface area contributed by atoms with E-state index >= 15 is 0 Å². The van der Waals surface area contributed by atoms with Crippen LogP contribution in [0.4, 0.5) is 11.4 Å². The Labute approximate surface area is 376 Å². The summed E-state index contributed by atoms with van der Waals surface area (Å²) < 4.78 is 13.4. The smallest absolute Gasteiger partial charge is 0.268 e. The Hall–Kier alpha value is -6.69. The number of imide groups is 2. The van der Waals surface area contributed by atoms with Crippen molar-refractivity contribution in [2.24, 2.45) is 0 Å². The summed E-state index contributed by atoms with van der Waals surface area (Å²) >= 11 is 0. The predicted molar refractivity (Wildman–Crippen MR) is 239 cm³/mol. The first-order valence-corrected chi connectivity index (χ1v) is 22.1. The maximum Gasteiger partial charge on any atom is 0.268 e. The van der Waals surface area contributed by atoms with E-state index in [1.54, 1.807) is 43.3 Å². The third-order valence-corrected chi connectivity index (χ3v) is 12.6. The highest BCUT2D eigenvalue weighted by atomic mass is 16.5. The standard InChI is InChI=1S/C48H54N8O9/c1-53(2)45(61)33-11-7-32(8-12-33)30-54-23-24-55-37(15-17-39(55)48(54)20-4-21-48)43(59)50-29-31-9-13-34(14-10-31)51-41(58)19-25-64-27-28-65-26-22-49-36-6-3-5-35-42(36)47(63)56(46(35)62)38-16-18-40(57)52-44(38)60/h3,5-15,17,38,49H,4,16,18-30H2,1-2H3,(H,50,59)(H,51,58)(H,52,57,60). The van der Waals surface area contributed by atoms with Crippen LogP contribution in [0.15, 0.2) is 78.9 Å². The zero-order chi connectivity index (χ0) is 45.7. The van der Waals surface area contributed by atoms with E-state index < -0.39 is 29.7 Å². The Bertz CT molecular complexity index is 2480. The molecule has 8 rings (SSSR count). The summed E-state index contributed by atoms with van der Waals surface area (Å²) in [6.45, 7) is 4.00. The molecule has 1 unspecified atom stereocenters. The quantitative estimate of drug-likeness (QED) is 0.0835. The molecule has 7 amide bonds. The minimum Gasteiger partial charge on any atom is -0.382 e. The number of rotatable bonds is 18. The molecular weight excluding hydrogens is 833 g/mol. The molecule has 17 heteroatoms. The molecule has 3 aromatic carbocycles. The van der Waals surface area contributed by atoms with Crippen molar-refractivity contribution in [3.05, 3.63) is 118 Å². The lowest BCUT2D eigenvalue weighted by atomic mass is 9.71. The molecule has 4 aliphatic rings. The van der Waals surface area contributed by atoms with Gasteiger partial charge in [-0.3, -0.25) is 48.7 Å². The maximum atomic E-state index is 13.5. The van der Waals surface area contributed by atoms with Gasteiger partial charge in [0.25, 0.3) is 23.6 Å². The molecule has 4 N–H and O–H groups in total. The number of fused-ring (bicyclic) bond motifs is 3. The summed E-state index contributed by atoms with van der Waals surface area (Å²) in [5.41, 5.74) is 5.91. The Morgan fingerprint density at radius 2 is 1.57 bits per heavy atom. The summed E-state index contributed by atoms with van der Waals surface area (Å²) in [7, 11) is 3.50. The van der Waals surface area contributed by atoms with Crippen LogP contribution >= 0.6 is 0 Å². The Morgan fingerprint density at radius 1 is 0.831 bits per heavy atom. The molecule has 0 bridgehead atoms. The van der Waals surface area contributed by atoms with Crippen molar-refractivity contribution in [3.8, 4) is 0 Å². The monoisotopic (exact) mass is 886 g/mol. The summed E-state index contributed by atoms with van der Waals surface area (Å²) in [6, 6.07) is 23.1. The number of anilines is 2. The van der Waals surface area contributed by atoms with Gasteiger partial charge in [0.2, 0.25) is 17.7 Å². The van der Waals surface area contributed by atoms with Crippen LogP contribution in [0, 0.1) is 0 Å². The summed E-state index contributed by atoms with van der Waals surface area (Å²) in [5.74, 6) is -2.59. The Morgan fingerprint density at radius 3 is 2.28 bits per heavy atom. The molecule has 1 spiro atoms. The van der Waals surface area contributed by atoms with Gasteiger partial charge in [-0.2, -0.15) is 0 Å². The maximum absolute atomic E-state index is 13.5. The van der Waals surface area contributed by atoms with Crippen LogP contribution in [0.5, 0.6) is 0 Å². The molecule has 1 saturated heterocycles.